The van der Waals surface area contributed by atoms with E-state index in [0.29, 0.717) is 12.1 Å². The Morgan fingerprint density at radius 3 is 2.76 bits per heavy atom. The van der Waals surface area contributed by atoms with Crippen molar-refractivity contribution in [2.45, 2.75) is 24.6 Å². The number of carboxylic acid groups (broad SMARTS) is 1. The molecule has 0 spiro atoms. The number of anilines is 1. The summed E-state index contributed by atoms with van der Waals surface area (Å²) in [5.74, 6) is -1.03. The molecule has 1 aromatic rings. The number of fused-ring (bicyclic) bond motifs is 1. The fourth-order valence-electron chi connectivity index (χ4n) is 2.27. The van der Waals surface area contributed by atoms with Crippen LogP contribution in [0.4, 0.5) is 10.5 Å². The van der Waals surface area contributed by atoms with E-state index in [4.69, 9.17) is 0 Å². The lowest BCUT2D eigenvalue weighted by atomic mass is 10.1. The first-order chi connectivity index (χ1) is 9.91. The summed E-state index contributed by atoms with van der Waals surface area (Å²) in [7, 11) is -1.04. The average Bonchev–Trinajstić information content (AvgIpc) is 2.83. The molecule has 0 bridgehead atoms. The van der Waals surface area contributed by atoms with Gasteiger partial charge in [-0.05, 0) is 18.6 Å². The van der Waals surface area contributed by atoms with Gasteiger partial charge >= 0.3 is 12.0 Å². The van der Waals surface area contributed by atoms with Gasteiger partial charge in [0.15, 0.2) is 0 Å². The number of nitrogens with one attached hydrogen (secondary N) is 1. The number of aliphatic carboxylic acids is 1. The van der Waals surface area contributed by atoms with Gasteiger partial charge in [-0.1, -0.05) is 18.2 Å². The van der Waals surface area contributed by atoms with E-state index in [-0.39, 0.29) is 11.8 Å². The number of hydrogen-bond acceptors (Lipinski definition) is 3. The molecule has 3 atom stereocenters. The standard InChI is InChI=1S/C14H18N2O4S/c1-9(21(2)20)8-15-14(19)16-11-6-4-3-5-10(11)7-12(16)13(17)18/h3-6,9,12H,7-8H2,1-2H3,(H,15,19)(H,17,18). The second-order valence-electron chi connectivity index (χ2n) is 5.05. The van der Waals surface area contributed by atoms with E-state index < -0.39 is 28.8 Å². The van der Waals surface area contributed by atoms with Gasteiger partial charge in [-0.25, -0.2) is 9.59 Å². The molecule has 3 unspecified atom stereocenters. The Balaban J connectivity index is 2.17. The molecule has 114 valence electrons. The number of benzene rings is 1. The lowest BCUT2D eigenvalue weighted by Crippen LogP contribution is -2.49. The molecule has 0 saturated heterocycles. The van der Waals surface area contributed by atoms with E-state index in [2.05, 4.69) is 5.32 Å². The third kappa shape index (κ3) is 3.24. The van der Waals surface area contributed by atoms with Gasteiger partial charge < -0.3 is 10.4 Å². The Kier molecular flexibility index (Phi) is 4.62. The molecule has 0 radical (unpaired) electrons. The van der Waals surface area contributed by atoms with Crippen molar-refractivity contribution in [3.8, 4) is 0 Å². The zero-order valence-corrected chi connectivity index (χ0v) is 12.7. The molecule has 0 saturated carbocycles. The van der Waals surface area contributed by atoms with Gasteiger partial charge in [-0.3, -0.25) is 9.11 Å². The number of carboxylic acids is 1. The number of urea groups is 1. The van der Waals surface area contributed by atoms with Crippen molar-refractivity contribution in [3.63, 3.8) is 0 Å². The largest absolute Gasteiger partial charge is 0.480 e. The summed E-state index contributed by atoms with van der Waals surface area (Å²) in [6, 6.07) is 5.78. The molecule has 2 N–H and O–H groups in total. The smallest absolute Gasteiger partial charge is 0.327 e. The lowest BCUT2D eigenvalue weighted by Gasteiger charge is -2.23. The van der Waals surface area contributed by atoms with Crippen molar-refractivity contribution < 1.29 is 18.9 Å². The molecule has 0 aromatic heterocycles. The van der Waals surface area contributed by atoms with Crippen LogP contribution in [-0.4, -0.2) is 45.4 Å². The van der Waals surface area contributed by atoms with E-state index in [1.807, 2.05) is 12.1 Å². The highest BCUT2D eigenvalue weighted by atomic mass is 32.2. The molecule has 6 nitrogen and oxygen atoms in total. The average molecular weight is 310 g/mol. The Bertz CT molecular complexity index is 590. The number of hydrogen-bond donors (Lipinski definition) is 2. The summed E-state index contributed by atoms with van der Waals surface area (Å²) in [5, 5.41) is 11.8. The van der Waals surface area contributed by atoms with Crippen LogP contribution in [0.2, 0.25) is 0 Å². The lowest BCUT2D eigenvalue weighted by molar-refractivity contribution is -0.138. The number of nitrogens with zero attached hydrogens (tertiary/aromatic N) is 1. The normalized spacial score (nSPS) is 19.7. The zero-order valence-electron chi connectivity index (χ0n) is 11.9. The Morgan fingerprint density at radius 1 is 1.48 bits per heavy atom. The molecule has 2 amide bonds. The molecule has 0 aliphatic carbocycles. The van der Waals surface area contributed by atoms with Crippen molar-refractivity contribution in [2.24, 2.45) is 0 Å². The fourth-order valence-corrected chi connectivity index (χ4v) is 2.59. The third-order valence-electron chi connectivity index (χ3n) is 3.59. The maximum atomic E-state index is 12.3. The Labute approximate surface area is 125 Å². The van der Waals surface area contributed by atoms with E-state index in [9.17, 15) is 18.9 Å². The number of carbonyl (C=O) groups is 2. The quantitative estimate of drug-likeness (QED) is 0.868. The van der Waals surface area contributed by atoms with Crippen LogP contribution in [0.5, 0.6) is 0 Å². The van der Waals surface area contributed by atoms with Crippen LogP contribution in [0, 0.1) is 0 Å². The van der Waals surface area contributed by atoms with Crippen LogP contribution in [0.25, 0.3) is 0 Å². The fraction of sp³-hybridized carbons (Fsp3) is 0.429. The number of para-hydroxylation sites is 1. The highest BCUT2D eigenvalue weighted by molar-refractivity contribution is 7.84. The molecule has 1 aromatic carbocycles. The second-order valence-corrected chi connectivity index (χ2v) is 6.85. The molecule has 2 rings (SSSR count). The summed E-state index contributed by atoms with van der Waals surface area (Å²) in [4.78, 5) is 24.9. The number of carbonyl (C=O) groups excluding carboxylic acids is 1. The van der Waals surface area contributed by atoms with Crippen molar-refractivity contribution in [3.05, 3.63) is 29.8 Å². The van der Waals surface area contributed by atoms with E-state index in [1.165, 1.54) is 4.90 Å². The molecular weight excluding hydrogens is 292 g/mol. The maximum Gasteiger partial charge on any atom is 0.327 e. The summed E-state index contributed by atoms with van der Waals surface area (Å²) in [5.41, 5.74) is 1.46. The molecule has 7 heteroatoms. The van der Waals surface area contributed by atoms with Crippen LogP contribution in [0.3, 0.4) is 0 Å². The first kappa shape index (κ1) is 15.5. The molecule has 1 aliphatic rings. The maximum absolute atomic E-state index is 12.3. The second kappa shape index (κ2) is 6.26. The molecule has 1 aliphatic heterocycles. The molecule has 0 fully saturated rings. The van der Waals surface area contributed by atoms with Gasteiger partial charge in [0.1, 0.15) is 6.04 Å². The van der Waals surface area contributed by atoms with E-state index in [0.717, 1.165) is 5.56 Å². The van der Waals surface area contributed by atoms with Crippen LogP contribution in [0.1, 0.15) is 12.5 Å². The van der Waals surface area contributed by atoms with Gasteiger partial charge in [0.25, 0.3) is 0 Å². The monoisotopic (exact) mass is 310 g/mol. The summed E-state index contributed by atoms with van der Waals surface area (Å²) in [6.07, 6.45) is 1.87. The van der Waals surface area contributed by atoms with Crippen LogP contribution < -0.4 is 10.2 Å². The minimum absolute atomic E-state index is 0.185. The van der Waals surface area contributed by atoms with E-state index in [1.54, 1.807) is 25.3 Å². The highest BCUT2D eigenvalue weighted by Crippen LogP contribution is 2.32. The van der Waals surface area contributed by atoms with Crippen LogP contribution >= 0.6 is 0 Å². The van der Waals surface area contributed by atoms with Crippen molar-refractivity contribution in [1.29, 1.82) is 0 Å². The Hall–Kier alpha value is -1.89. The van der Waals surface area contributed by atoms with Gasteiger partial charge in [-0.2, -0.15) is 0 Å². The predicted octanol–water partition coefficient (Wildman–Crippen LogP) is 0.979. The van der Waals surface area contributed by atoms with Gasteiger partial charge in [0.2, 0.25) is 0 Å². The topological polar surface area (TPSA) is 86.7 Å². The van der Waals surface area contributed by atoms with Crippen LogP contribution in [0.15, 0.2) is 24.3 Å². The SMILES string of the molecule is CC(CNC(=O)N1c2ccccc2CC1C(=O)O)S(C)=O. The summed E-state index contributed by atoms with van der Waals surface area (Å²) >= 11 is 0. The Morgan fingerprint density at radius 2 is 2.14 bits per heavy atom. The zero-order chi connectivity index (χ0) is 15.6. The van der Waals surface area contributed by atoms with Crippen molar-refractivity contribution >= 4 is 28.5 Å². The van der Waals surface area contributed by atoms with E-state index >= 15 is 0 Å². The molecule has 21 heavy (non-hydrogen) atoms. The van der Waals surface area contributed by atoms with Gasteiger partial charge in [-0.15, -0.1) is 0 Å². The van der Waals surface area contributed by atoms with Crippen LogP contribution in [-0.2, 0) is 22.0 Å². The first-order valence-electron chi connectivity index (χ1n) is 6.61. The first-order valence-corrected chi connectivity index (χ1v) is 8.24. The molecule has 1 heterocycles. The predicted molar refractivity (Wildman–Crippen MR) is 81.0 cm³/mol. The number of amides is 2. The van der Waals surface area contributed by atoms with Crippen molar-refractivity contribution in [1.82, 2.24) is 5.32 Å². The molecular formula is C14H18N2O4S. The van der Waals surface area contributed by atoms with Gasteiger partial charge in [0.05, 0.1) is 0 Å². The minimum Gasteiger partial charge on any atom is -0.480 e. The third-order valence-corrected chi connectivity index (χ3v) is 4.89. The van der Waals surface area contributed by atoms with Gasteiger partial charge in [0, 0.05) is 41.0 Å². The number of rotatable bonds is 4. The van der Waals surface area contributed by atoms with Crippen molar-refractivity contribution in [2.75, 3.05) is 17.7 Å². The minimum atomic E-state index is -1.04. The highest BCUT2D eigenvalue weighted by Gasteiger charge is 2.38. The summed E-state index contributed by atoms with van der Waals surface area (Å²) < 4.78 is 11.3. The summed E-state index contributed by atoms with van der Waals surface area (Å²) in [6.45, 7) is 2.01.